The van der Waals surface area contributed by atoms with Crippen molar-refractivity contribution in [3.05, 3.63) is 21.4 Å². The van der Waals surface area contributed by atoms with Crippen LogP contribution >= 0.6 is 11.3 Å². The maximum absolute atomic E-state index is 12.2. The Labute approximate surface area is 131 Å². The fourth-order valence-corrected chi connectivity index (χ4v) is 3.91. The first-order valence-corrected chi connectivity index (χ1v) is 8.93. The largest absolute Gasteiger partial charge is 0.281 e. The van der Waals surface area contributed by atoms with Crippen LogP contribution in [0.15, 0.2) is 11.2 Å². The van der Waals surface area contributed by atoms with Crippen molar-refractivity contribution in [3.63, 3.8) is 0 Å². The molecule has 0 aromatic carbocycles. The van der Waals surface area contributed by atoms with Crippen LogP contribution in [0, 0.1) is 5.92 Å². The third-order valence-corrected chi connectivity index (χ3v) is 5.18. The molecular formula is C17H26N2OS. The predicted octanol–water partition coefficient (Wildman–Crippen LogP) is 4.56. The molecule has 1 heterocycles. The molecule has 0 radical (unpaired) electrons. The number of aryl methyl sites for hydroxylation is 1. The lowest BCUT2D eigenvalue weighted by molar-refractivity contribution is 0.0958. The van der Waals surface area contributed by atoms with Crippen molar-refractivity contribution in [2.75, 3.05) is 0 Å². The average Bonchev–Trinajstić information content (AvgIpc) is 2.88. The molecule has 3 nitrogen and oxygen atoms in total. The summed E-state index contributed by atoms with van der Waals surface area (Å²) >= 11 is 1.64. The fourth-order valence-electron chi connectivity index (χ4n) is 2.82. The van der Waals surface area contributed by atoms with Crippen molar-refractivity contribution >= 4 is 23.0 Å². The summed E-state index contributed by atoms with van der Waals surface area (Å²) in [5.74, 6) is 0.688. The lowest BCUT2D eigenvalue weighted by Crippen LogP contribution is -2.18. The number of fused-ring (bicyclic) bond motifs is 1. The van der Waals surface area contributed by atoms with Crippen LogP contribution < -0.4 is 5.43 Å². The van der Waals surface area contributed by atoms with Crippen LogP contribution in [-0.4, -0.2) is 11.6 Å². The molecule has 1 aliphatic rings. The van der Waals surface area contributed by atoms with E-state index in [1.807, 2.05) is 0 Å². The maximum atomic E-state index is 12.2. The van der Waals surface area contributed by atoms with Crippen molar-refractivity contribution in [1.82, 2.24) is 5.43 Å². The highest BCUT2D eigenvalue weighted by molar-refractivity contribution is 7.14. The van der Waals surface area contributed by atoms with E-state index in [0.717, 1.165) is 55.0 Å². The minimum atomic E-state index is -0.0493. The average molecular weight is 306 g/mol. The van der Waals surface area contributed by atoms with Gasteiger partial charge in [0, 0.05) is 10.6 Å². The van der Waals surface area contributed by atoms with Gasteiger partial charge in [-0.15, -0.1) is 11.3 Å². The predicted molar refractivity (Wildman–Crippen MR) is 90.2 cm³/mol. The van der Waals surface area contributed by atoms with Gasteiger partial charge in [0.25, 0.3) is 5.91 Å². The Kier molecular flexibility index (Phi) is 5.97. The standard InChI is InChI=1S/C17H26N2OS/c1-4-6-14(7-5-2)18-19-17(20)16-11-13-10-12(3)8-9-15(13)21-16/h11-12H,4-10H2,1-3H3,(H,19,20)/t12-/m1/s1. The van der Waals surface area contributed by atoms with E-state index in [1.54, 1.807) is 11.3 Å². The lowest BCUT2D eigenvalue weighted by Gasteiger charge is -2.16. The van der Waals surface area contributed by atoms with Gasteiger partial charge < -0.3 is 0 Å². The van der Waals surface area contributed by atoms with Crippen LogP contribution in [0.4, 0.5) is 0 Å². The molecule has 2 rings (SSSR count). The molecule has 0 fully saturated rings. The Bertz CT molecular complexity index is 511. The van der Waals surface area contributed by atoms with Gasteiger partial charge in [-0.3, -0.25) is 4.79 Å². The molecule has 1 aliphatic carbocycles. The molecule has 1 N–H and O–H groups in total. The minimum Gasteiger partial charge on any atom is -0.266 e. The number of hydrogen-bond donors (Lipinski definition) is 1. The van der Waals surface area contributed by atoms with Crippen LogP contribution in [0.1, 0.15) is 73.0 Å². The number of amides is 1. The Balaban J connectivity index is 2.01. The van der Waals surface area contributed by atoms with E-state index in [0.29, 0.717) is 0 Å². The van der Waals surface area contributed by atoms with E-state index >= 15 is 0 Å². The highest BCUT2D eigenvalue weighted by atomic mass is 32.1. The summed E-state index contributed by atoms with van der Waals surface area (Å²) in [7, 11) is 0. The molecule has 0 aliphatic heterocycles. The summed E-state index contributed by atoms with van der Waals surface area (Å²) in [6.07, 6.45) is 7.54. The number of nitrogens with one attached hydrogen (secondary N) is 1. The van der Waals surface area contributed by atoms with E-state index in [1.165, 1.54) is 16.9 Å². The molecule has 0 saturated carbocycles. The van der Waals surface area contributed by atoms with Crippen LogP contribution in [-0.2, 0) is 12.8 Å². The normalized spacial score (nSPS) is 17.2. The number of rotatable bonds is 6. The van der Waals surface area contributed by atoms with E-state index in [4.69, 9.17) is 0 Å². The first-order valence-electron chi connectivity index (χ1n) is 8.11. The Morgan fingerprint density at radius 1 is 1.38 bits per heavy atom. The zero-order valence-corrected chi connectivity index (χ0v) is 14.2. The smallest absolute Gasteiger partial charge is 0.266 e. The van der Waals surface area contributed by atoms with Gasteiger partial charge in [-0.2, -0.15) is 5.10 Å². The maximum Gasteiger partial charge on any atom is 0.281 e. The number of thiophene rings is 1. The van der Waals surface area contributed by atoms with Crippen molar-refractivity contribution < 1.29 is 4.79 Å². The first kappa shape index (κ1) is 16.2. The SMILES string of the molecule is CCCC(CCC)=NNC(=O)c1cc2c(s1)CC[C@@H](C)C2. The summed E-state index contributed by atoms with van der Waals surface area (Å²) in [6, 6.07) is 2.07. The number of hydrogen-bond acceptors (Lipinski definition) is 3. The van der Waals surface area contributed by atoms with Gasteiger partial charge in [0.05, 0.1) is 4.88 Å². The zero-order chi connectivity index (χ0) is 15.2. The van der Waals surface area contributed by atoms with Crippen molar-refractivity contribution in [2.24, 2.45) is 11.0 Å². The van der Waals surface area contributed by atoms with Gasteiger partial charge in [-0.1, -0.05) is 33.6 Å². The quantitative estimate of drug-likeness (QED) is 0.607. The van der Waals surface area contributed by atoms with E-state index < -0.39 is 0 Å². The Morgan fingerprint density at radius 2 is 2.10 bits per heavy atom. The van der Waals surface area contributed by atoms with E-state index in [2.05, 4.69) is 37.4 Å². The first-order chi connectivity index (χ1) is 10.1. The molecule has 21 heavy (non-hydrogen) atoms. The van der Waals surface area contributed by atoms with Gasteiger partial charge in [-0.25, -0.2) is 5.43 Å². The molecule has 0 unspecified atom stereocenters. The molecular weight excluding hydrogens is 280 g/mol. The van der Waals surface area contributed by atoms with Crippen LogP contribution in [0.2, 0.25) is 0 Å². The highest BCUT2D eigenvalue weighted by Crippen LogP contribution is 2.32. The zero-order valence-electron chi connectivity index (χ0n) is 13.4. The second-order valence-electron chi connectivity index (χ2n) is 6.03. The number of hydrazone groups is 1. The molecule has 0 bridgehead atoms. The number of nitrogens with zero attached hydrogens (tertiary/aromatic N) is 1. The molecule has 116 valence electrons. The Hall–Kier alpha value is -1.16. The second kappa shape index (κ2) is 7.74. The van der Waals surface area contributed by atoms with Gasteiger partial charge in [-0.05, 0) is 49.7 Å². The van der Waals surface area contributed by atoms with Crippen LogP contribution in [0.5, 0.6) is 0 Å². The molecule has 1 aromatic heterocycles. The van der Waals surface area contributed by atoms with Crippen molar-refractivity contribution in [3.8, 4) is 0 Å². The van der Waals surface area contributed by atoms with Crippen LogP contribution in [0.25, 0.3) is 0 Å². The van der Waals surface area contributed by atoms with Gasteiger partial charge in [0.2, 0.25) is 0 Å². The second-order valence-corrected chi connectivity index (χ2v) is 7.16. The molecule has 1 atom stereocenters. The van der Waals surface area contributed by atoms with Gasteiger partial charge in [0.1, 0.15) is 0 Å². The third-order valence-electron chi connectivity index (χ3n) is 3.95. The lowest BCUT2D eigenvalue weighted by atomic mass is 9.90. The highest BCUT2D eigenvalue weighted by Gasteiger charge is 2.20. The molecule has 0 saturated heterocycles. The monoisotopic (exact) mass is 306 g/mol. The molecule has 1 amide bonds. The number of carbonyl (C=O) groups excluding carboxylic acids is 1. The fraction of sp³-hybridized carbons (Fsp3) is 0.647. The van der Waals surface area contributed by atoms with Crippen molar-refractivity contribution in [2.45, 2.75) is 65.7 Å². The summed E-state index contributed by atoms with van der Waals surface area (Å²) in [5.41, 5.74) is 5.22. The van der Waals surface area contributed by atoms with E-state index in [-0.39, 0.29) is 5.91 Å². The van der Waals surface area contributed by atoms with E-state index in [9.17, 15) is 4.79 Å². The number of carbonyl (C=O) groups is 1. The molecule has 4 heteroatoms. The third kappa shape index (κ3) is 4.40. The minimum absolute atomic E-state index is 0.0493. The summed E-state index contributed by atoms with van der Waals surface area (Å²) in [4.78, 5) is 14.5. The Morgan fingerprint density at radius 3 is 2.76 bits per heavy atom. The summed E-state index contributed by atoms with van der Waals surface area (Å²) in [6.45, 7) is 6.56. The van der Waals surface area contributed by atoms with Crippen LogP contribution in [0.3, 0.4) is 0 Å². The van der Waals surface area contributed by atoms with Gasteiger partial charge >= 0.3 is 0 Å². The summed E-state index contributed by atoms with van der Waals surface area (Å²) < 4.78 is 0. The van der Waals surface area contributed by atoms with Gasteiger partial charge in [0.15, 0.2) is 0 Å². The molecule has 1 aromatic rings. The van der Waals surface area contributed by atoms with Crippen molar-refractivity contribution in [1.29, 1.82) is 0 Å². The summed E-state index contributed by atoms with van der Waals surface area (Å²) in [5, 5.41) is 4.32. The topological polar surface area (TPSA) is 41.5 Å². The molecule has 0 spiro atoms.